The van der Waals surface area contributed by atoms with Gasteiger partial charge in [-0.2, -0.15) is 0 Å². The third-order valence-corrected chi connectivity index (χ3v) is 3.13. The SMILES string of the molecule is CCn1c(-c2cccc([N+](=O)[O-])c2)ccc(C(=N)N)c1=O. The van der Waals surface area contributed by atoms with Crippen molar-refractivity contribution in [1.82, 2.24) is 4.57 Å². The van der Waals surface area contributed by atoms with Gasteiger partial charge in [0.1, 0.15) is 5.84 Å². The molecule has 1 heterocycles. The number of hydrogen-bond donors (Lipinski definition) is 2. The molecule has 0 fully saturated rings. The Labute approximate surface area is 120 Å². The lowest BCUT2D eigenvalue weighted by Gasteiger charge is -2.12. The van der Waals surface area contributed by atoms with Gasteiger partial charge in [-0.1, -0.05) is 12.1 Å². The summed E-state index contributed by atoms with van der Waals surface area (Å²) in [4.78, 5) is 22.6. The lowest BCUT2D eigenvalue weighted by Crippen LogP contribution is -2.30. The maximum Gasteiger partial charge on any atom is 0.270 e. The molecule has 0 atom stereocenters. The number of nitrogens with one attached hydrogen (secondary N) is 1. The zero-order valence-corrected chi connectivity index (χ0v) is 11.4. The highest BCUT2D eigenvalue weighted by Crippen LogP contribution is 2.23. The molecule has 0 amide bonds. The second-order valence-corrected chi connectivity index (χ2v) is 4.40. The fraction of sp³-hybridized carbons (Fsp3) is 0.143. The first-order chi connectivity index (χ1) is 9.95. The molecule has 0 saturated heterocycles. The van der Waals surface area contributed by atoms with E-state index in [4.69, 9.17) is 11.1 Å². The average molecular weight is 286 g/mol. The number of nitrogens with zero attached hydrogens (tertiary/aromatic N) is 2. The van der Waals surface area contributed by atoms with Crippen molar-refractivity contribution in [2.45, 2.75) is 13.5 Å². The van der Waals surface area contributed by atoms with Crippen LogP contribution in [-0.4, -0.2) is 15.3 Å². The van der Waals surface area contributed by atoms with Crippen molar-refractivity contribution in [3.8, 4) is 11.3 Å². The Kier molecular flexibility index (Phi) is 3.84. The van der Waals surface area contributed by atoms with E-state index in [9.17, 15) is 14.9 Å². The quantitative estimate of drug-likeness (QED) is 0.385. The number of hydrogen-bond acceptors (Lipinski definition) is 4. The number of aromatic nitrogens is 1. The summed E-state index contributed by atoms with van der Waals surface area (Å²) >= 11 is 0. The summed E-state index contributed by atoms with van der Waals surface area (Å²) < 4.78 is 1.44. The van der Waals surface area contributed by atoms with E-state index in [1.165, 1.54) is 22.8 Å². The Hall–Kier alpha value is -2.96. The van der Waals surface area contributed by atoms with Gasteiger partial charge in [-0.25, -0.2) is 0 Å². The third kappa shape index (κ3) is 2.66. The van der Waals surface area contributed by atoms with Crippen molar-refractivity contribution in [3.63, 3.8) is 0 Å². The van der Waals surface area contributed by atoms with Crippen LogP contribution < -0.4 is 11.3 Å². The molecule has 0 aliphatic heterocycles. The van der Waals surface area contributed by atoms with E-state index in [1.807, 2.05) is 0 Å². The van der Waals surface area contributed by atoms with E-state index >= 15 is 0 Å². The van der Waals surface area contributed by atoms with Crippen LogP contribution in [0.15, 0.2) is 41.2 Å². The molecule has 0 spiro atoms. The maximum atomic E-state index is 12.3. The fourth-order valence-electron chi connectivity index (χ4n) is 2.13. The Morgan fingerprint density at radius 2 is 2.10 bits per heavy atom. The number of non-ortho nitro benzene ring substituents is 1. The maximum absolute atomic E-state index is 12.3. The molecule has 7 nitrogen and oxygen atoms in total. The van der Waals surface area contributed by atoms with E-state index < -0.39 is 4.92 Å². The number of rotatable bonds is 4. The molecule has 1 aromatic heterocycles. The fourth-order valence-corrected chi connectivity index (χ4v) is 2.13. The number of nitrogen functional groups attached to an aromatic ring is 1. The first-order valence-corrected chi connectivity index (χ1v) is 6.28. The highest BCUT2D eigenvalue weighted by Gasteiger charge is 2.13. The zero-order valence-electron chi connectivity index (χ0n) is 11.4. The molecular formula is C14H14N4O3. The van der Waals surface area contributed by atoms with Crippen molar-refractivity contribution < 1.29 is 4.92 Å². The number of nitrogens with two attached hydrogens (primary N) is 1. The van der Waals surface area contributed by atoms with Gasteiger partial charge in [0.15, 0.2) is 0 Å². The van der Waals surface area contributed by atoms with Crippen molar-refractivity contribution in [1.29, 1.82) is 5.41 Å². The van der Waals surface area contributed by atoms with E-state index in [0.29, 0.717) is 17.8 Å². The van der Waals surface area contributed by atoms with Gasteiger partial charge in [0, 0.05) is 24.2 Å². The van der Waals surface area contributed by atoms with Gasteiger partial charge in [0.05, 0.1) is 16.2 Å². The minimum Gasteiger partial charge on any atom is -0.384 e. The van der Waals surface area contributed by atoms with E-state index in [1.54, 1.807) is 25.1 Å². The van der Waals surface area contributed by atoms with Crippen molar-refractivity contribution in [2.75, 3.05) is 0 Å². The molecule has 1 aromatic carbocycles. The molecule has 0 saturated carbocycles. The van der Waals surface area contributed by atoms with Crippen LogP contribution in [-0.2, 0) is 6.54 Å². The standard InChI is InChI=1S/C14H14N4O3/c1-2-17-12(7-6-11(13(15)16)14(17)19)9-4-3-5-10(8-9)18(20)21/h3-8H,2H2,1H3,(H3,15,16). The predicted octanol–water partition coefficient (Wildman–Crippen LogP) is 1.73. The number of pyridine rings is 1. The van der Waals surface area contributed by atoms with E-state index in [2.05, 4.69) is 0 Å². The average Bonchev–Trinajstić information content (AvgIpc) is 2.46. The van der Waals surface area contributed by atoms with Gasteiger partial charge < -0.3 is 10.3 Å². The predicted molar refractivity (Wildman–Crippen MR) is 79.5 cm³/mol. The third-order valence-electron chi connectivity index (χ3n) is 3.13. The van der Waals surface area contributed by atoms with Crippen LogP contribution in [0.25, 0.3) is 11.3 Å². The Morgan fingerprint density at radius 3 is 2.67 bits per heavy atom. The van der Waals surface area contributed by atoms with Crippen molar-refractivity contribution in [2.24, 2.45) is 5.73 Å². The minimum absolute atomic E-state index is 0.0433. The van der Waals surface area contributed by atoms with Crippen LogP contribution in [0.3, 0.4) is 0 Å². The van der Waals surface area contributed by atoms with Crippen molar-refractivity contribution >= 4 is 11.5 Å². The van der Waals surface area contributed by atoms with Crippen LogP contribution in [0.2, 0.25) is 0 Å². The molecule has 7 heteroatoms. The first kappa shape index (κ1) is 14.4. The number of amidine groups is 1. The summed E-state index contributed by atoms with van der Waals surface area (Å²) in [6.45, 7) is 2.16. The Morgan fingerprint density at radius 1 is 1.38 bits per heavy atom. The number of benzene rings is 1. The monoisotopic (exact) mass is 286 g/mol. The molecule has 0 bridgehead atoms. The Balaban J connectivity index is 2.67. The highest BCUT2D eigenvalue weighted by atomic mass is 16.6. The lowest BCUT2D eigenvalue weighted by atomic mass is 10.1. The molecule has 0 aliphatic carbocycles. The summed E-state index contributed by atoms with van der Waals surface area (Å²) in [6, 6.07) is 9.17. The van der Waals surface area contributed by atoms with Gasteiger partial charge in [0.25, 0.3) is 11.2 Å². The van der Waals surface area contributed by atoms with Crippen LogP contribution >= 0.6 is 0 Å². The molecule has 21 heavy (non-hydrogen) atoms. The molecule has 2 aromatic rings. The normalized spacial score (nSPS) is 10.3. The van der Waals surface area contributed by atoms with Gasteiger partial charge in [0.2, 0.25) is 0 Å². The molecule has 0 aliphatic rings. The van der Waals surface area contributed by atoms with Gasteiger partial charge in [-0.05, 0) is 19.1 Å². The number of nitro groups is 1. The summed E-state index contributed by atoms with van der Waals surface area (Å²) in [5.74, 6) is -0.298. The van der Waals surface area contributed by atoms with Gasteiger partial charge in [-0.3, -0.25) is 20.3 Å². The summed E-state index contributed by atoms with van der Waals surface area (Å²) in [7, 11) is 0. The molecule has 0 radical (unpaired) electrons. The molecular weight excluding hydrogens is 272 g/mol. The van der Waals surface area contributed by atoms with Gasteiger partial charge >= 0.3 is 0 Å². The minimum atomic E-state index is -0.484. The second-order valence-electron chi connectivity index (χ2n) is 4.40. The second kappa shape index (κ2) is 5.58. The van der Waals surface area contributed by atoms with Crippen LogP contribution in [0.5, 0.6) is 0 Å². The summed E-state index contributed by atoms with van der Waals surface area (Å²) in [5.41, 5.74) is 6.18. The van der Waals surface area contributed by atoms with Crippen LogP contribution in [0.1, 0.15) is 12.5 Å². The molecule has 0 unspecified atom stereocenters. The summed E-state index contributed by atoms with van der Waals surface area (Å²) in [5, 5.41) is 18.2. The molecule has 3 N–H and O–H groups in total. The topological polar surface area (TPSA) is 115 Å². The summed E-state index contributed by atoms with van der Waals surface area (Å²) in [6.07, 6.45) is 0. The zero-order chi connectivity index (χ0) is 15.6. The van der Waals surface area contributed by atoms with Gasteiger partial charge in [-0.15, -0.1) is 0 Å². The number of nitro benzene ring substituents is 1. The van der Waals surface area contributed by atoms with E-state index in [-0.39, 0.29) is 22.6 Å². The van der Waals surface area contributed by atoms with Crippen LogP contribution in [0.4, 0.5) is 5.69 Å². The van der Waals surface area contributed by atoms with Crippen molar-refractivity contribution in [3.05, 3.63) is 62.4 Å². The van der Waals surface area contributed by atoms with E-state index in [0.717, 1.165) is 0 Å². The Bertz CT molecular complexity index is 780. The molecule has 108 valence electrons. The molecule has 2 rings (SSSR count). The smallest absolute Gasteiger partial charge is 0.270 e. The largest absolute Gasteiger partial charge is 0.384 e. The highest BCUT2D eigenvalue weighted by molar-refractivity contribution is 5.94. The lowest BCUT2D eigenvalue weighted by molar-refractivity contribution is -0.384. The first-order valence-electron chi connectivity index (χ1n) is 6.28. The van der Waals surface area contributed by atoms with Crippen LogP contribution in [0, 0.1) is 15.5 Å².